The Morgan fingerprint density at radius 2 is 0.697 bits per heavy atom. The average Bonchev–Trinajstić information content (AvgIpc) is 2.85. The Morgan fingerprint density at radius 1 is 0.394 bits per heavy atom. The topological polar surface area (TPSA) is 35.5 Å². The molecule has 0 N–H and O–H groups in total. The van der Waals surface area contributed by atoms with Crippen molar-refractivity contribution in [1.82, 2.24) is 0 Å². The molecular formula is C29H51O3P. The molecule has 0 aromatic carbocycles. The third kappa shape index (κ3) is 5.46. The molecule has 2 aliphatic heterocycles. The van der Waals surface area contributed by atoms with Crippen LogP contribution in [-0.2, 0) is 14.0 Å². The molecule has 5 rings (SSSR count). The zero-order valence-corrected chi connectivity index (χ0v) is 22.2. The van der Waals surface area contributed by atoms with E-state index in [2.05, 4.69) is 0 Å². The zero-order chi connectivity index (χ0) is 22.5. The minimum absolute atomic E-state index is 0.198. The van der Waals surface area contributed by atoms with Crippen molar-refractivity contribution in [3.8, 4) is 0 Å². The van der Waals surface area contributed by atoms with Crippen LogP contribution in [0, 0.1) is 0 Å². The van der Waals surface area contributed by atoms with E-state index in [1.807, 2.05) is 0 Å². The smallest absolute Gasteiger partial charge is 0.107 e. The molecule has 2 saturated heterocycles. The van der Waals surface area contributed by atoms with Crippen molar-refractivity contribution in [2.45, 2.75) is 183 Å². The van der Waals surface area contributed by atoms with Gasteiger partial charge in [0.25, 0.3) is 0 Å². The molecule has 2 heterocycles. The quantitative estimate of drug-likeness (QED) is 0.327. The van der Waals surface area contributed by atoms with Gasteiger partial charge in [-0.2, -0.15) is 0 Å². The largest absolute Gasteiger partial charge is 0.373 e. The average molecular weight is 479 g/mol. The van der Waals surface area contributed by atoms with E-state index in [1.54, 1.807) is 0 Å². The van der Waals surface area contributed by atoms with E-state index in [9.17, 15) is 0 Å². The predicted molar refractivity (Wildman–Crippen MR) is 138 cm³/mol. The Bertz CT molecular complexity index is 651. The Kier molecular flexibility index (Phi) is 8.97. The van der Waals surface area contributed by atoms with Crippen LogP contribution in [0.1, 0.15) is 141 Å². The van der Waals surface area contributed by atoms with Gasteiger partial charge in [-0.1, -0.05) is 103 Å². The monoisotopic (exact) mass is 478 g/mol. The second kappa shape index (κ2) is 11.9. The van der Waals surface area contributed by atoms with Crippen LogP contribution < -0.4 is 0 Å². The van der Waals surface area contributed by atoms with Crippen LogP contribution in [0.3, 0.4) is 0 Å². The van der Waals surface area contributed by atoms with Gasteiger partial charge in [-0.25, -0.2) is 0 Å². The van der Waals surface area contributed by atoms with Crippen LogP contribution in [0.15, 0.2) is 0 Å². The lowest BCUT2D eigenvalue weighted by atomic mass is 9.92. The highest BCUT2D eigenvalue weighted by Gasteiger charge is 2.62. The minimum atomic E-state index is -2.43. The molecule has 0 radical (unpaired) electrons. The van der Waals surface area contributed by atoms with E-state index in [0.717, 1.165) is 38.5 Å². The van der Waals surface area contributed by atoms with E-state index in [-0.39, 0.29) is 30.1 Å². The van der Waals surface area contributed by atoms with Gasteiger partial charge in [0.2, 0.25) is 0 Å². The fraction of sp³-hybridized carbons (Fsp3) is 1.00. The summed E-state index contributed by atoms with van der Waals surface area (Å²) in [4.78, 5) is 0. The SMILES string of the molecule is O=P12C3CCCCCCCCCC3OC3CCCCCC(OC4CCCCCCCCC41)C32. The second-order valence-electron chi connectivity index (χ2n) is 12.2. The lowest BCUT2D eigenvalue weighted by Crippen LogP contribution is -2.59. The van der Waals surface area contributed by atoms with Crippen LogP contribution >= 0.6 is 7.14 Å². The highest BCUT2D eigenvalue weighted by Crippen LogP contribution is 2.72. The molecular weight excluding hydrogens is 427 g/mol. The van der Waals surface area contributed by atoms with Gasteiger partial charge in [-0.05, 0) is 38.5 Å². The van der Waals surface area contributed by atoms with Gasteiger partial charge in [0, 0.05) is 11.3 Å². The lowest BCUT2D eigenvalue weighted by Gasteiger charge is -2.58. The lowest BCUT2D eigenvalue weighted by molar-refractivity contribution is -0.107. The van der Waals surface area contributed by atoms with E-state index in [4.69, 9.17) is 9.47 Å². The summed E-state index contributed by atoms with van der Waals surface area (Å²) >= 11 is 0. The van der Waals surface area contributed by atoms with Crippen molar-refractivity contribution in [1.29, 1.82) is 0 Å². The van der Waals surface area contributed by atoms with E-state index >= 15 is 4.57 Å². The third-order valence-corrected chi connectivity index (χ3v) is 14.9. The number of fused-ring (bicyclic) bond motifs is 4. The van der Waals surface area contributed by atoms with Crippen molar-refractivity contribution < 1.29 is 14.0 Å². The third-order valence-electron chi connectivity index (χ3n) is 10.0. The molecule has 3 nitrogen and oxygen atoms in total. The molecule has 33 heavy (non-hydrogen) atoms. The summed E-state index contributed by atoms with van der Waals surface area (Å²) in [7, 11) is -2.43. The fourth-order valence-corrected chi connectivity index (χ4v) is 13.9. The molecule has 4 heteroatoms. The summed E-state index contributed by atoms with van der Waals surface area (Å²) in [5, 5.41) is 0. The fourth-order valence-electron chi connectivity index (χ4n) is 8.39. The van der Waals surface area contributed by atoms with Crippen LogP contribution in [0.2, 0.25) is 0 Å². The Morgan fingerprint density at radius 3 is 1.12 bits per heavy atom. The van der Waals surface area contributed by atoms with Crippen LogP contribution in [0.5, 0.6) is 0 Å². The molecule has 8 atom stereocenters. The molecule has 0 aromatic rings. The Balaban J connectivity index is 1.51. The first-order valence-corrected chi connectivity index (χ1v) is 17.1. The van der Waals surface area contributed by atoms with Crippen molar-refractivity contribution >= 4 is 7.14 Å². The van der Waals surface area contributed by atoms with Crippen LogP contribution in [-0.4, -0.2) is 41.4 Å². The van der Waals surface area contributed by atoms with Gasteiger partial charge in [0.1, 0.15) is 7.14 Å². The molecule has 190 valence electrons. The maximum atomic E-state index is 15.9. The van der Waals surface area contributed by atoms with Gasteiger partial charge >= 0.3 is 0 Å². The van der Waals surface area contributed by atoms with Crippen LogP contribution in [0.25, 0.3) is 0 Å². The molecule has 0 amide bonds. The number of hydrogen-bond donors (Lipinski definition) is 0. The summed E-state index contributed by atoms with van der Waals surface area (Å²) in [6, 6.07) is 0. The molecule has 5 fully saturated rings. The highest BCUT2D eigenvalue weighted by molar-refractivity contribution is 7.66. The number of rotatable bonds is 0. The molecule has 3 saturated carbocycles. The van der Waals surface area contributed by atoms with Crippen LogP contribution in [0.4, 0.5) is 0 Å². The second-order valence-corrected chi connectivity index (χ2v) is 15.7. The molecule has 8 unspecified atom stereocenters. The number of hydrogen-bond acceptors (Lipinski definition) is 3. The van der Waals surface area contributed by atoms with Crippen molar-refractivity contribution in [3.05, 3.63) is 0 Å². The van der Waals surface area contributed by atoms with Crippen molar-refractivity contribution in [2.24, 2.45) is 0 Å². The first kappa shape index (κ1) is 24.8. The highest BCUT2D eigenvalue weighted by atomic mass is 31.2. The van der Waals surface area contributed by atoms with E-state index < -0.39 is 7.14 Å². The maximum Gasteiger partial charge on any atom is 0.107 e. The van der Waals surface area contributed by atoms with E-state index in [0.29, 0.717) is 11.3 Å². The maximum absolute atomic E-state index is 15.9. The van der Waals surface area contributed by atoms with Crippen molar-refractivity contribution in [2.75, 3.05) is 0 Å². The normalized spacial score (nSPS) is 46.2. The van der Waals surface area contributed by atoms with Gasteiger partial charge in [-0.15, -0.1) is 0 Å². The Labute approximate surface area is 203 Å². The van der Waals surface area contributed by atoms with Gasteiger partial charge < -0.3 is 14.0 Å². The first-order valence-electron chi connectivity index (χ1n) is 15.2. The van der Waals surface area contributed by atoms with Crippen molar-refractivity contribution in [3.63, 3.8) is 0 Å². The van der Waals surface area contributed by atoms with Gasteiger partial charge in [0.05, 0.1) is 30.1 Å². The summed E-state index contributed by atoms with van der Waals surface area (Å²) < 4.78 is 29.9. The summed E-state index contributed by atoms with van der Waals surface area (Å²) in [6.07, 6.45) is 28.8. The molecule has 0 spiro atoms. The van der Waals surface area contributed by atoms with Gasteiger partial charge in [0.15, 0.2) is 0 Å². The Hall–Kier alpha value is 0.150. The minimum Gasteiger partial charge on any atom is -0.373 e. The first-order chi connectivity index (χ1) is 16.3. The van der Waals surface area contributed by atoms with Gasteiger partial charge in [-0.3, -0.25) is 0 Å². The number of ether oxygens (including phenoxy) is 2. The summed E-state index contributed by atoms with van der Waals surface area (Å²) in [6.45, 7) is 0. The summed E-state index contributed by atoms with van der Waals surface area (Å²) in [5.74, 6) is 0. The van der Waals surface area contributed by atoms with E-state index in [1.165, 1.54) is 103 Å². The molecule has 3 aliphatic carbocycles. The predicted octanol–water partition coefficient (Wildman–Crippen LogP) is 8.61. The summed E-state index contributed by atoms with van der Waals surface area (Å²) in [5.41, 5.74) is 0.840. The zero-order valence-electron chi connectivity index (χ0n) is 21.3. The molecule has 0 aromatic heterocycles. The molecule has 5 aliphatic rings. The molecule has 0 bridgehead atoms. The standard InChI is InChI=1S/C29H51O3P/c30-33-27-21-15-8-3-1-2-6-11-17-23(27)31-25-19-13-10-14-20-26(29(25)33)32-24-18-12-7-4-5-9-16-22-28(24)33/h23-29H,1-22H2.